The Morgan fingerprint density at radius 3 is 2.00 bits per heavy atom. The highest BCUT2D eigenvalue weighted by Crippen LogP contribution is 2.37. The van der Waals surface area contributed by atoms with E-state index in [1.807, 2.05) is 0 Å². The van der Waals surface area contributed by atoms with Crippen LogP contribution in [0.3, 0.4) is 0 Å². The number of rotatable bonds is 3. The van der Waals surface area contributed by atoms with Crippen LogP contribution >= 0.6 is 0 Å². The fraction of sp³-hybridized carbons (Fsp3) is 0.100. The van der Waals surface area contributed by atoms with Crippen molar-refractivity contribution in [3.8, 4) is 17.6 Å². The third-order valence-corrected chi connectivity index (χ3v) is 3.91. The van der Waals surface area contributed by atoms with Gasteiger partial charge in [-0.1, -0.05) is 5.92 Å². The number of alkyl halides is 5. The molecule has 0 N–H and O–H groups in total. The molecule has 0 spiro atoms. The third-order valence-electron chi connectivity index (χ3n) is 3.91. The predicted molar refractivity (Wildman–Crippen MR) is 87.6 cm³/mol. The molecule has 0 aliphatic carbocycles. The third kappa shape index (κ3) is 4.52. The van der Waals surface area contributed by atoms with Crippen LogP contribution in [-0.2, 0) is 6.11 Å². The summed E-state index contributed by atoms with van der Waals surface area (Å²) >= 11 is 0. The van der Waals surface area contributed by atoms with Gasteiger partial charge < -0.3 is 4.74 Å². The second-order valence-electron chi connectivity index (χ2n) is 6.02. The molecule has 3 aromatic carbocycles. The lowest BCUT2D eigenvalue weighted by Crippen LogP contribution is -2.25. The molecule has 0 heterocycles. The fourth-order valence-electron chi connectivity index (χ4n) is 2.61. The molecule has 0 fully saturated rings. The number of ether oxygens (including phenoxy) is 1. The lowest BCUT2D eigenvalue weighted by molar-refractivity contribution is -0.189. The van der Waals surface area contributed by atoms with Crippen LogP contribution in [0.5, 0.6) is 5.75 Å². The van der Waals surface area contributed by atoms with Gasteiger partial charge in [0.15, 0.2) is 11.6 Å². The molecule has 0 aromatic heterocycles. The van der Waals surface area contributed by atoms with Crippen molar-refractivity contribution >= 4 is 10.8 Å². The van der Waals surface area contributed by atoms with Crippen molar-refractivity contribution in [1.29, 1.82) is 0 Å². The van der Waals surface area contributed by atoms with Gasteiger partial charge in [0.05, 0.1) is 5.56 Å². The van der Waals surface area contributed by atoms with Crippen molar-refractivity contribution < 1.29 is 48.6 Å². The minimum Gasteiger partial charge on any atom is -0.429 e. The van der Waals surface area contributed by atoms with Gasteiger partial charge in [0.25, 0.3) is 0 Å². The van der Waals surface area contributed by atoms with E-state index in [0.717, 1.165) is 6.07 Å². The molecule has 0 saturated heterocycles. The minimum absolute atomic E-state index is 0.250. The van der Waals surface area contributed by atoms with E-state index in [1.54, 1.807) is 0 Å². The molecule has 162 valence electrons. The molecule has 0 atom stereocenters. The molecule has 0 aliphatic rings. The summed E-state index contributed by atoms with van der Waals surface area (Å²) in [5, 5.41) is -0.923. The number of halogens is 10. The van der Waals surface area contributed by atoms with Gasteiger partial charge in [0, 0.05) is 11.3 Å². The summed E-state index contributed by atoms with van der Waals surface area (Å²) in [6, 6.07) is 3.13. The van der Waals surface area contributed by atoms with E-state index in [2.05, 4.69) is 4.74 Å². The first-order chi connectivity index (χ1) is 14.3. The van der Waals surface area contributed by atoms with Gasteiger partial charge in [-0.2, -0.15) is 22.0 Å². The lowest BCUT2D eigenvalue weighted by Gasteiger charge is -2.20. The molecule has 0 aliphatic heterocycles. The Morgan fingerprint density at radius 1 is 0.710 bits per heavy atom. The standard InChI is InChI=1S/C20H6F10O/c21-13-3-4-14(22)18(25)16(13)20(29,30)31-10-1-2-11-9(7-10)8-15(23)12(17(11)24)5-6-19(26,27)28/h1-4,7-8H. The van der Waals surface area contributed by atoms with Crippen LogP contribution in [0.1, 0.15) is 11.1 Å². The maximum Gasteiger partial charge on any atom is 0.458 e. The first-order valence-corrected chi connectivity index (χ1v) is 8.02. The number of hydrogen-bond donors (Lipinski definition) is 0. The molecule has 0 amide bonds. The average Bonchev–Trinajstić information content (AvgIpc) is 2.63. The normalized spacial score (nSPS) is 11.9. The van der Waals surface area contributed by atoms with Gasteiger partial charge in [-0.3, -0.25) is 0 Å². The maximum absolute atomic E-state index is 14.4. The van der Waals surface area contributed by atoms with Gasteiger partial charge in [0.1, 0.15) is 28.8 Å². The van der Waals surface area contributed by atoms with Crippen molar-refractivity contribution in [2.24, 2.45) is 0 Å². The summed E-state index contributed by atoms with van der Waals surface area (Å²) in [5.41, 5.74) is -3.23. The van der Waals surface area contributed by atoms with E-state index in [-0.39, 0.29) is 12.1 Å². The Hall–Kier alpha value is -3.42. The van der Waals surface area contributed by atoms with Crippen molar-refractivity contribution in [3.05, 3.63) is 76.6 Å². The van der Waals surface area contributed by atoms with E-state index < -0.39 is 69.0 Å². The largest absolute Gasteiger partial charge is 0.458 e. The Kier molecular flexibility index (Phi) is 5.52. The van der Waals surface area contributed by atoms with Crippen LogP contribution in [0, 0.1) is 40.9 Å². The van der Waals surface area contributed by atoms with Crippen LogP contribution in [0.25, 0.3) is 10.8 Å². The highest BCUT2D eigenvalue weighted by atomic mass is 19.4. The van der Waals surface area contributed by atoms with Gasteiger partial charge in [-0.25, -0.2) is 22.0 Å². The van der Waals surface area contributed by atoms with Gasteiger partial charge >= 0.3 is 12.3 Å². The van der Waals surface area contributed by atoms with Crippen LogP contribution in [0.2, 0.25) is 0 Å². The topological polar surface area (TPSA) is 9.23 Å². The SMILES string of the molecule is Fc1ccc(F)c(C(F)(F)Oc2ccc3c(F)c(C#CC(F)(F)F)c(F)cc3c2)c1F. The number of hydrogen-bond acceptors (Lipinski definition) is 1. The molecule has 0 saturated carbocycles. The molecule has 3 rings (SSSR count). The Morgan fingerprint density at radius 2 is 1.35 bits per heavy atom. The van der Waals surface area contributed by atoms with E-state index in [0.29, 0.717) is 24.1 Å². The molecule has 31 heavy (non-hydrogen) atoms. The van der Waals surface area contributed by atoms with Crippen LogP contribution < -0.4 is 4.74 Å². The number of fused-ring (bicyclic) bond motifs is 1. The van der Waals surface area contributed by atoms with E-state index in [9.17, 15) is 43.9 Å². The summed E-state index contributed by atoms with van der Waals surface area (Å²) in [6.07, 6.45) is -9.74. The monoisotopic (exact) mass is 452 g/mol. The Bertz CT molecular complexity index is 1230. The van der Waals surface area contributed by atoms with Crippen LogP contribution in [0.15, 0.2) is 36.4 Å². The highest BCUT2D eigenvalue weighted by Gasteiger charge is 2.42. The Balaban J connectivity index is 2.04. The van der Waals surface area contributed by atoms with E-state index >= 15 is 0 Å². The Labute approximate surface area is 166 Å². The molecular weight excluding hydrogens is 446 g/mol. The maximum atomic E-state index is 14.4. The van der Waals surface area contributed by atoms with Crippen molar-refractivity contribution in [2.45, 2.75) is 12.3 Å². The first kappa shape index (κ1) is 22.3. The van der Waals surface area contributed by atoms with E-state index in [4.69, 9.17) is 0 Å². The highest BCUT2D eigenvalue weighted by molar-refractivity contribution is 5.86. The molecular formula is C20H6F10O. The summed E-state index contributed by atoms with van der Waals surface area (Å²) in [5.74, 6) is -7.60. The molecule has 0 unspecified atom stereocenters. The summed E-state index contributed by atoms with van der Waals surface area (Å²) in [6.45, 7) is 0. The quantitative estimate of drug-likeness (QED) is 0.248. The van der Waals surface area contributed by atoms with Crippen molar-refractivity contribution in [2.75, 3.05) is 0 Å². The second kappa shape index (κ2) is 7.68. The van der Waals surface area contributed by atoms with Crippen LogP contribution in [0.4, 0.5) is 43.9 Å². The molecule has 0 bridgehead atoms. The summed E-state index contributed by atoms with van der Waals surface area (Å²) in [4.78, 5) is 0. The summed E-state index contributed by atoms with van der Waals surface area (Å²) in [7, 11) is 0. The zero-order chi connectivity index (χ0) is 23.1. The smallest absolute Gasteiger partial charge is 0.429 e. The molecule has 3 aromatic rings. The minimum atomic E-state index is -5.02. The average molecular weight is 452 g/mol. The van der Waals surface area contributed by atoms with Gasteiger partial charge in [-0.05, 0) is 41.8 Å². The zero-order valence-electron chi connectivity index (χ0n) is 14.7. The fourth-order valence-corrected chi connectivity index (χ4v) is 2.61. The zero-order valence-corrected chi connectivity index (χ0v) is 14.7. The molecule has 1 nitrogen and oxygen atoms in total. The van der Waals surface area contributed by atoms with Crippen molar-refractivity contribution in [3.63, 3.8) is 0 Å². The molecule has 11 heteroatoms. The second-order valence-corrected chi connectivity index (χ2v) is 6.02. The summed E-state index contributed by atoms with van der Waals surface area (Å²) < 4.78 is 138. The van der Waals surface area contributed by atoms with Gasteiger partial charge in [0.2, 0.25) is 0 Å². The van der Waals surface area contributed by atoms with Crippen LogP contribution in [-0.4, -0.2) is 6.18 Å². The lowest BCUT2D eigenvalue weighted by atomic mass is 10.0. The predicted octanol–water partition coefficient (Wildman–Crippen LogP) is 6.58. The number of benzene rings is 3. The first-order valence-electron chi connectivity index (χ1n) is 8.02. The van der Waals surface area contributed by atoms with Gasteiger partial charge in [-0.15, -0.1) is 0 Å². The van der Waals surface area contributed by atoms with E-state index in [1.165, 1.54) is 5.92 Å². The molecule has 0 radical (unpaired) electrons. The van der Waals surface area contributed by atoms with Crippen molar-refractivity contribution in [1.82, 2.24) is 0 Å².